The van der Waals surface area contributed by atoms with E-state index in [1.54, 1.807) is 0 Å². The van der Waals surface area contributed by atoms with Crippen molar-refractivity contribution in [2.45, 2.75) is 180 Å². The zero-order chi connectivity index (χ0) is 65.5. The van der Waals surface area contributed by atoms with Crippen molar-refractivity contribution >= 4 is 81.5 Å². The van der Waals surface area contributed by atoms with Gasteiger partial charge in [0.1, 0.15) is 13.2 Å². The Kier molecular flexibility index (Phi) is 54.4. The number of nitrogens with one attached hydrogen (secondary N) is 2. The van der Waals surface area contributed by atoms with Crippen molar-refractivity contribution in [2.75, 3.05) is 38.7 Å². The van der Waals surface area contributed by atoms with Crippen LogP contribution in [-0.2, 0) is 66.8 Å². The molecule has 0 aromatic heterocycles. The minimum absolute atomic E-state index is 0.00802. The maximum Gasteiger partial charge on any atom is 0.415 e. The standard InChI is InChI=1S/C36H51NO8S2.C32H45NO9/c1-3-4-5-6-7-8-9-10-11-12-13-14-15-16-17-18-19-22-31(38)43-29-28-37-35(42)45-34(41)25-24-33(40)44-32(39)23-20-21-26-36(2)27-30-46-47-36;1-2-3-4-5-6-7-8-9-10-11-12-13-14-15-16-17-18-22-29(36)41-27-25-33-32(39)42-31(38)24-23-30(37)40-26-20-19-21-28(34)35/h4-5,7-8,10-11,13-14,16-17,24-25H,3,6,9,12,15,18-23,26-30H2,1-2H3,(H,37,42);3-4,6-7,9-10,12-13,15-16,23-24H,2,5,8,11,14,17-22,25-27H2,1H3,(H,33,39)(H,34,35)/b5-4-,8-7-,11-10-,14-13-,17-16-,25-24+;4-3-,7-6-,10-9-,13-12-,16-15-,24-23+/t36-;/m1./s1. The number of aliphatic carboxylic acids is 1. The van der Waals surface area contributed by atoms with Crippen molar-refractivity contribution in [2.24, 2.45) is 0 Å². The third-order valence-corrected chi connectivity index (χ3v) is 15.1. The first-order chi connectivity index (χ1) is 43.1. The number of hydrogen-bond acceptors (Lipinski definition) is 18. The van der Waals surface area contributed by atoms with E-state index in [1.165, 1.54) is 0 Å². The molecule has 1 atom stereocenters. The second kappa shape index (κ2) is 59.4. The van der Waals surface area contributed by atoms with Gasteiger partial charge in [-0.05, 0) is 129 Å². The van der Waals surface area contributed by atoms with E-state index in [9.17, 15) is 47.9 Å². The van der Waals surface area contributed by atoms with Crippen molar-refractivity contribution in [1.29, 1.82) is 0 Å². The van der Waals surface area contributed by atoms with Crippen LogP contribution in [0.15, 0.2) is 146 Å². The average molecular weight is 1280 g/mol. The highest BCUT2D eigenvalue weighted by Gasteiger charge is 2.29. The Bertz CT molecular complexity index is 2440. The molecule has 492 valence electrons. The number of alkyl carbamates (subject to hydrolysis) is 2. The van der Waals surface area contributed by atoms with Gasteiger partial charge in [0, 0.05) is 60.5 Å². The Morgan fingerprint density at radius 2 is 0.787 bits per heavy atom. The number of hydrogen-bond donors (Lipinski definition) is 3. The molecule has 0 saturated carbocycles. The molecule has 0 radical (unpaired) electrons. The normalized spacial score (nSPS) is 14.4. The van der Waals surface area contributed by atoms with Gasteiger partial charge < -0.3 is 44.2 Å². The lowest BCUT2D eigenvalue weighted by Gasteiger charge is -2.20. The smallest absolute Gasteiger partial charge is 0.415 e. The van der Waals surface area contributed by atoms with Gasteiger partial charge in [0.05, 0.1) is 19.7 Å². The number of carboxylic acid groups (broad SMARTS) is 1. The number of carboxylic acids is 1. The van der Waals surface area contributed by atoms with Gasteiger partial charge >= 0.3 is 59.9 Å². The fourth-order valence-corrected chi connectivity index (χ4v) is 10.4. The number of rotatable bonds is 46. The molecule has 1 heterocycles. The van der Waals surface area contributed by atoms with Crippen LogP contribution in [0.25, 0.3) is 0 Å². The van der Waals surface area contributed by atoms with Gasteiger partial charge in [-0.15, -0.1) is 0 Å². The van der Waals surface area contributed by atoms with E-state index in [4.69, 9.17) is 19.3 Å². The maximum absolute atomic E-state index is 11.8. The molecule has 19 nitrogen and oxygen atoms in total. The number of unbranched alkanes of at least 4 members (excludes halogenated alkanes) is 4. The van der Waals surface area contributed by atoms with Crippen LogP contribution in [-0.4, -0.2) is 108 Å². The summed E-state index contributed by atoms with van der Waals surface area (Å²) in [7, 11) is 3.75. The van der Waals surface area contributed by atoms with Gasteiger partial charge in [0.2, 0.25) is 0 Å². The number of esters is 7. The Labute approximate surface area is 535 Å². The number of carbonyl (C=O) groups excluding carboxylic acids is 9. The summed E-state index contributed by atoms with van der Waals surface area (Å²) in [4.78, 5) is 116. The van der Waals surface area contributed by atoms with Crippen LogP contribution in [0, 0.1) is 0 Å². The van der Waals surface area contributed by atoms with Crippen LogP contribution < -0.4 is 10.6 Å². The summed E-state index contributed by atoms with van der Waals surface area (Å²) in [6, 6.07) is 0. The van der Waals surface area contributed by atoms with E-state index in [-0.39, 0.29) is 69.3 Å². The van der Waals surface area contributed by atoms with Gasteiger partial charge in [-0.3, -0.25) is 19.2 Å². The molecule has 3 N–H and O–H groups in total. The molecule has 1 aliphatic rings. The molecule has 1 saturated heterocycles. The van der Waals surface area contributed by atoms with Crippen LogP contribution in [0.4, 0.5) is 9.59 Å². The molecule has 2 amide bonds. The Morgan fingerprint density at radius 1 is 0.416 bits per heavy atom. The molecule has 0 unspecified atom stereocenters. The van der Waals surface area contributed by atoms with Crippen molar-refractivity contribution < 1.29 is 81.5 Å². The molecule has 89 heavy (non-hydrogen) atoms. The predicted octanol–water partition coefficient (Wildman–Crippen LogP) is 14.5. The van der Waals surface area contributed by atoms with Crippen molar-refractivity contribution in [3.05, 3.63) is 146 Å². The fourth-order valence-electron chi connectivity index (χ4n) is 7.06. The first-order valence-electron chi connectivity index (χ1n) is 30.7. The van der Waals surface area contributed by atoms with E-state index in [0.29, 0.717) is 38.2 Å². The summed E-state index contributed by atoms with van der Waals surface area (Å²) in [5.41, 5.74) is 0. The molecular weight excluding hydrogens is 1180 g/mol. The predicted molar refractivity (Wildman–Crippen MR) is 351 cm³/mol. The average Bonchev–Trinajstić information content (AvgIpc) is 4.14. The van der Waals surface area contributed by atoms with Crippen molar-refractivity contribution in [1.82, 2.24) is 10.6 Å². The minimum Gasteiger partial charge on any atom is -0.481 e. The minimum atomic E-state index is -1.11. The zero-order valence-electron chi connectivity index (χ0n) is 52.4. The number of carbonyl (C=O) groups is 10. The summed E-state index contributed by atoms with van der Waals surface area (Å²) >= 11 is 0. The molecule has 0 bridgehead atoms. The van der Waals surface area contributed by atoms with Crippen LogP contribution in [0.5, 0.6) is 0 Å². The SMILES string of the molecule is CC/C=C\C/C=C\C/C=C\C/C=C\C/C=C\CCCC(=O)OCCNC(=O)OC(=O)/C=C/C(=O)OC(=O)CCCC[C@]1(C)CCSS1.CC/C=C\C/C=C\C/C=C\C/C=C\C/C=C\CCCC(=O)OCCNC(=O)OC(=O)/C=C/C(=O)OCCCCC(=O)O. The van der Waals surface area contributed by atoms with Gasteiger partial charge in [0.25, 0.3) is 0 Å². The van der Waals surface area contributed by atoms with E-state index in [1.807, 2.05) is 33.7 Å². The first kappa shape index (κ1) is 81.5. The molecule has 21 heteroatoms. The third-order valence-electron chi connectivity index (χ3n) is 11.7. The Balaban J connectivity index is 0.00000175. The first-order valence-corrected chi connectivity index (χ1v) is 33.0. The molecule has 1 aliphatic heterocycles. The van der Waals surface area contributed by atoms with Crippen molar-refractivity contribution in [3.63, 3.8) is 0 Å². The van der Waals surface area contributed by atoms with E-state index < -0.39 is 54.0 Å². The molecule has 0 aromatic carbocycles. The van der Waals surface area contributed by atoms with E-state index >= 15 is 0 Å². The summed E-state index contributed by atoms with van der Waals surface area (Å²) in [5, 5.41) is 13.0. The highest BCUT2D eigenvalue weighted by molar-refractivity contribution is 8.77. The van der Waals surface area contributed by atoms with Gasteiger partial charge in [-0.2, -0.15) is 0 Å². The highest BCUT2D eigenvalue weighted by Crippen LogP contribution is 2.49. The molecule has 0 aliphatic carbocycles. The number of allylic oxidation sites excluding steroid dienone is 20. The lowest BCUT2D eigenvalue weighted by atomic mass is 9.99. The second-order valence-corrected chi connectivity index (χ2v) is 22.7. The number of amides is 2. The maximum atomic E-state index is 11.8. The monoisotopic (exact) mass is 1280 g/mol. The molecule has 0 aromatic rings. The van der Waals surface area contributed by atoms with Crippen LogP contribution >= 0.6 is 21.6 Å². The van der Waals surface area contributed by atoms with Gasteiger partial charge in [-0.1, -0.05) is 163 Å². The lowest BCUT2D eigenvalue weighted by Crippen LogP contribution is -2.30. The van der Waals surface area contributed by atoms with E-state index in [2.05, 4.69) is 155 Å². The largest absolute Gasteiger partial charge is 0.481 e. The number of ether oxygens (including phenoxy) is 6. The van der Waals surface area contributed by atoms with Crippen LogP contribution in [0.3, 0.4) is 0 Å². The molecular formula is C68H96N2O17S2. The zero-order valence-corrected chi connectivity index (χ0v) is 54.0. The molecule has 1 fully saturated rings. The summed E-state index contributed by atoms with van der Waals surface area (Å²) in [6.07, 6.45) is 60.6. The summed E-state index contributed by atoms with van der Waals surface area (Å²) in [5.74, 6) is -5.29. The summed E-state index contributed by atoms with van der Waals surface area (Å²) in [6.45, 7) is 6.23. The Morgan fingerprint density at radius 3 is 1.18 bits per heavy atom. The fraction of sp³-hybridized carbons (Fsp3) is 0.500. The van der Waals surface area contributed by atoms with Crippen molar-refractivity contribution in [3.8, 4) is 0 Å². The van der Waals surface area contributed by atoms with Gasteiger partial charge in [0.15, 0.2) is 0 Å². The van der Waals surface area contributed by atoms with Gasteiger partial charge in [-0.25, -0.2) is 28.8 Å². The molecule has 1 rings (SSSR count). The van der Waals surface area contributed by atoms with Crippen LogP contribution in [0.2, 0.25) is 0 Å². The lowest BCUT2D eigenvalue weighted by molar-refractivity contribution is -0.156. The topological polar surface area (TPSA) is 270 Å². The third kappa shape index (κ3) is 59.2. The summed E-state index contributed by atoms with van der Waals surface area (Å²) < 4.78 is 28.7. The Hall–Kier alpha value is -7.52. The molecule has 0 spiro atoms. The highest BCUT2D eigenvalue weighted by atomic mass is 33.1. The van der Waals surface area contributed by atoms with Crippen LogP contribution in [0.1, 0.15) is 175 Å². The second-order valence-electron chi connectivity index (χ2n) is 19.7. The quantitative estimate of drug-likeness (QED) is 0.00972. The van der Waals surface area contributed by atoms with E-state index in [0.717, 1.165) is 120 Å².